The van der Waals surface area contributed by atoms with E-state index in [1.54, 1.807) is 11.8 Å². The highest BCUT2D eigenvalue weighted by Crippen LogP contribution is 2.29. The van der Waals surface area contributed by atoms with Gasteiger partial charge in [-0.3, -0.25) is 4.79 Å². The van der Waals surface area contributed by atoms with Gasteiger partial charge in [0.25, 0.3) is 0 Å². The average Bonchev–Trinajstić information content (AvgIpc) is 2.50. The van der Waals surface area contributed by atoms with Crippen LogP contribution < -0.4 is 10.6 Å². The van der Waals surface area contributed by atoms with E-state index >= 15 is 0 Å². The number of aliphatic carboxylic acids is 1. The molecule has 124 valence electrons. The summed E-state index contributed by atoms with van der Waals surface area (Å²) >= 11 is 1.76. The molecule has 0 aromatic heterocycles. The number of carbonyl (C=O) groups is 2. The number of hydrogen-bond donors (Lipinski definition) is 3. The highest BCUT2D eigenvalue weighted by atomic mass is 32.2. The fraction of sp³-hybridized carbons (Fsp3) is 0.867. The molecule has 0 saturated heterocycles. The number of carbonyl (C=O) groups excluding carboxylic acids is 1. The second-order valence-electron chi connectivity index (χ2n) is 5.42. The van der Waals surface area contributed by atoms with Crippen LogP contribution in [0.4, 0.5) is 4.79 Å². The molecule has 0 fully saturated rings. The van der Waals surface area contributed by atoms with Gasteiger partial charge in [0.1, 0.15) is 0 Å². The van der Waals surface area contributed by atoms with Crippen molar-refractivity contribution in [3.05, 3.63) is 0 Å². The molecular weight excluding hydrogens is 288 g/mol. The van der Waals surface area contributed by atoms with Gasteiger partial charge in [0.2, 0.25) is 0 Å². The maximum atomic E-state index is 11.9. The largest absolute Gasteiger partial charge is 0.481 e. The normalized spacial score (nSPS) is 12.0. The minimum absolute atomic E-state index is 0.0523. The van der Waals surface area contributed by atoms with Crippen LogP contribution >= 0.6 is 11.8 Å². The van der Waals surface area contributed by atoms with Gasteiger partial charge in [-0.15, -0.1) is 0 Å². The minimum Gasteiger partial charge on any atom is -0.481 e. The van der Waals surface area contributed by atoms with E-state index < -0.39 is 11.4 Å². The van der Waals surface area contributed by atoms with Crippen LogP contribution in [0.2, 0.25) is 0 Å². The van der Waals surface area contributed by atoms with Crippen LogP contribution in [0.3, 0.4) is 0 Å². The summed E-state index contributed by atoms with van der Waals surface area (Å²) in [6.07, 6.45) is 5.01. The topological polar surface area (TPSA) is 78.4 Å². The Morgan fingerprint density at radius 2 is 1.43 bits per heavy atom. The van der Waals surface area contributed by atoms with Gasteiger partial charge >= 0.3 is 12.0 Å². The highest BCUT2D eigenvalue weighted by molar-refractivity contribution is 8.00. The SMILES string of the molecule is CCC(CC)(CNC(=O)NCC(CC)(CC)C(=O)O)SC. The Hall–Kier alpha value is -0.910. The van der Waals surface area contributed by atoms with Crippen molar-refractivity contribution >= 4 is 23.8 Å². The van der Waals surface area contributed by atoms with Gasteiger partial charge in [0, 0.05) is 17.8 Å². The summed E-state index contributed by atoms with van der Waals surface area (Å²) in [7, 11) is 0. The molecule has 3 N–H and O–H groups in total. The Morgan fingerprint density at radius 3 is 1.76 bits per heavy atom. The molecule has 6 heteroatoms. The molecule has 0 aromatic rings. The fourth-order valence-electron chi connectivity index (χ4n) is 2.29. The summed E-state index contributed by atoms with van der Waals surface area (Å²) in [5, 5.41) is 14.9. The standard InChI is InChI=1S/C15H30N2O3S/c1-6-14(7-2,12(18)19)10-16-13(20)17-11-15(8-3,9-4)21-5/h6-11H2,1-5H3,(H,18,19)(H2,16,17,20). The molecule has 0 atom stereocenters. The van der Waals surface area contributed by atoms with E-state index in [9.17, 15) is 14.7 Å². The molecule has 0 aliphatic rings. The van der Waals surface area contributed by atoms with Crippen molar-refractivity contribution in [2.45, 2.75) is 58.1 Å². The molecule has 0 rings (SSSR count). The molecule has 0 aromatic carbocycles. The Kier molecular flexibility index (Phi) is 8.78. The molecule has 0 saturated carbocycles. The third-order valence-electron chi connectivity index (χ3n) is 4.69. The smallest absolute Gasteiger partial charge is 0.314 e. The second-order valence-corrected chi connectivity index (χ2v) is 6.70. The van der Waals surface area contributed by atoms with Crippen molar-refractivity contribution in [1.82, 2.24) is 10.6 Å². The Labute approximate surface area is 132 Å². The predicted octanol–water partition coefficient (Wildman–Crippen LogP) is 3.10. The molecule has 0 unspecified atom stereocenters. The van der Waals surface area contributed by atoms with Crippen LogP contribution in [0, 0.1) is 5.41 Å². The van der Waals surface area contributed by atoms with Crippen molar-refractivity contribution in [3.8, 4) is 0 Å². The van der Waals surface area contributed by atoms with E-state index in [-0.39, 0.29) is 17.3 Å². The zero-order valence-corrected chi connectivity index (χ0v) is 14.7. The first-order chi connectivity index (χ1) is 9.85. The lowest BCUT2D eigenvalue weighted by Crippen LogP contribution is -2.48. The maximum Gasteiger partial charge on any atom is 0.314 e. The van der Waals surface area contributed by atoms with Crippen LogP contribution in [0.1, 0.15) is 53.4 Å². The zero-order valence-electron chi connectivity index (χ0n) is 13.9. The first-order valence-electron chi connectivity index (χ1n) is 7.65. The van der Waals surface area contributed by atoms with Crippen molar-refractivity contribution in [2.24, 2.45) is 5.41 Å². The molecule has 2 amide bonds. The van der Waals surface area contributed by atoms with Gasteiger partial charge in [-0.1, -0.05) is 27.7 Å². The van der Waals surface area contributed by atoms with Gasteiger partial charge in [-0.05, 0) is 31.9 Å². The van der Waals surface area contributed by atoms with E-state index in [0.717, 1.165) is 12.8 Å². The predicted molar refractivity (Wildman–Crippen MR) is 88.9 cm³/mol. The quantitative estimate of drug-likeness (QED) is 0.578. The lowest BCUT2D eigenvalue weighted by molar-refractivity contribution is -0.149. The number of carboxylic acids is 1. The number of urea groups is 1. The lowest BCUT2D eigenvalue weighted by Gasteiger charge is -2.30. The Morgan fingerprint density at radius 1 is 0.952 bits per heavy atom. The van der Waals surface area contributed by atoms with Crippen LogP contribution in [-0.2, 0) is 4.79 Å². The third kappa shape index (κ3) is 5.41. The molecule has 0 aliphatic heterocycles. The molecule has 0 spiro atoms. The number of hydrogen-bond acceptors (Lipinski definition) is 3. The van der Waals surface area contributed by atoms with E-state index in [2.05, 4.69) is 30.7 Å². The minimum atomic E-state index is -0.872. The van der Waals surface area contributed by atoms with Gasteiger partial charge in [0.05, 0.1) is 5.41 Å². The number of thioether (sulfide) groups is 1. The second kappa shape index (κ2) is 9.18. The first-order valence-corrected chi connectivity index (χ1v) is 8.88. The van der Waals surface area contributed by atoms with Crippen molar-refractivity contribution in [1.29, 1.82) is 0 Å². The van der Waals surface area contributed by atoms with Crippen molar-refractivity contribution in [3.63, 3.8) is 0 Å². The molecule has 0 aliphatic carbocycles. The third-order valence-corrected chi connectivity index (χ3v) is 6.28. The van der Waals surface area contributed by atoms with E-state index in [0.29, 0.717) is 19.4 Å². The van der Waals surface area contributed by atoms with E-state index in [4.69, 9.17) is 0 Å². The monoisotopic (exact) mass is 318 g/mol. The zero-order chi connectivity index (χ0) is 16.5. The van der Waals surface area contributed by atoms with Gasteiger partial charge in [-0.2, -0.15) is 11.8 Å². The fourth-order valence-corrected chi connectivity index (χ4v) is 3.09. The summed E-state index contributed by atoms with van der Waals surface area (Å²) in [6, 6.07) is -0.289. The highest BCUT2D eigenvalue weighted by Gasteiger charge is 2.35. The van der Waals surface area contributed by atoms with Gasteiger partial charge in [-0.25, -0.2) is 4.79 Å². The van der Waals surface area contributed by atoms with Crippen LogP contribution in [0.5, 0.6) is 0 Å². The Balaban J connectivity index is 4.48. The van der Waals surface area contributed by atoms with E-state index in [1.165, 1.54) is 0 Å². The number of nitrogens with one attached hydrogen (secondary N) is 2. The van der Waals surface area contributed by atoms with Crippen molar-refractivity contribution < 1.29 is 14.7 Å². The number of rotatable bonds is 10. The van der Waals surface area contributed by atoms with Crippen LogP contribution in [0.25, 0.3) is 0 Å². The van der Waals surface area contributed by atoms with Gasteiger partial charge < -0.3 is 15.7 Å². The maximum absolute atomic E-state index is 11.9. The molecule has 21 heavy (non-hydrogen) atoms. The summed E-state index contributed by atoms with van der Waals surface area (Å²) in [4.78, 5) is 23.3. The summed E-state index contributed by atoms with van der Waals surface area (Å²) in [6.45, 7) is 8.65. The number of carboxylic acid groups (broad SMARTS) is 1. The Bertz CT molecular complexity index is 332. The lowest BCUT2D eigenvalue weighted by atomic mass is 9.82. The first kappa shape index (κ1) is 20.1. The van der Waals surface area contributed by atoms with E-state index in [1.807, 2.05) is 13.8 Å². The van der Waals surface area contributed by atoms with Gasteiger partial charge in [0.15, 0.2) is 0 Å². The molecule has 0 bridgehead atoms. The van der Waals surface area contributed by atoms with Crippen LogP contribution in [0.15, 0.2) is 0 Å². The van der Waals surface area contributed by atoms with Crippen molar-refractivity contribution in [2.75, 3.05) is 19.3 Å². The summed E-state index contributed by atoms with van der Waals surface area (Å²) < 4.78 is 0.0523. The molecule has 5 nitrogen and oxygen atoms in total. The average molecular weight is 318 g/mol. The molecule has 0 radical (unpaired) electrons. The molecule has 0 heterocycles. The van der Waals surface area contributed by atoms with Crippen LogP contribution in [-0.4, -0.2) is 41.2 Å². The summed E-state index contributed by atoms with van der Waals surface area (Å²) in [5.41, 5.74) is -0.872. The summed E-state index contributed by atoms with van der Waals surface area (Å²) in [5.74, 6) is -0.853. The molecular formula is C15H30N2O3S. The number of amides is 2.